The van der Waals surface area contributed by atoms with Crippen molar-refractivity contribution in [3.8, 4) is 0 Å². The zero-order valence-corrected chi connectivity index (χ0v) is 8.94. The monoisotopic (exact) mass is 234 g/mol. The van der Waals surface area contributed by atoms with E-state index in [0.717, 1.165) is 14.2 Å². The standard InChI is InChI=1S/C4H12O7P2/c1-10-13(9,11-2)4(3-5)12(6,7)8/h4-5H,3H2,1-2H3,(H2,6,7,8). The first kappa shape index (κ1) is 13.3. The van der Waals surface area contributed by atoms with Gasteiger partial charge in [0, 0.05) is 14.2 Å². The maximum Gasteiger partial charge on any atom is 0.347 e. The predicted octanol–water partition coefficient (Wildman–Crippen LogP) is -0.0316. The quantitative estimate of drug-likeness (QED) is 0.572. The van der Waals surface area contributed by atoms with E-state index in [9.17, 15) is 9.13 Å². The van der Waals surface area contributed by atoms with Crippen molar-refractivity contribution in [2.75, 3.05) is 20.8 Å². The van der Waals surface area contributed by atoms with Gasteiger partial charge in [0.15, 0.2) is 5.40 Å². The molecule has 7 nitrogen and oxygen atoms in total. The summed E-state index contributed by atoms with van der Waals surface area (Å²) in [5, 5.41) is 6.81. The molecule has 1 unspecified atom stereocenters. The second-order valence-electron chi connectivity index (χ2n) is 2.16. The molecule has 0 aliphatic heterocycles. The molecule has 0 saturated carbocycles. The van der Waals surface area contributed by atoms with Crippen LogP contribution in [0.2, 0.25) is 0 Å². The largest absolute Gasteiger partial charge is 0.395 e. The Hall–Kier alpha value is 0.260. The molecule has 0 amide bonds. The Morgan fingerprint density at radius 2 is 1.62 bits per heavy atom. The lowest BCUT2D eigenvalue weighted by Gasteiger charge is -2.22. The van der Waals surface area contributed by atoms with Crippen LogP contribution in [0.3, 0.4) is 0 Å². The van der Waals surface area contributed by atoms with Crippen LogP contribution < -0.4 is 0 Å². The van der Waals surface area contributed by atoms with Crippen molar-refractivity contribution in [1.29, 1.82) is 0 Å². The average Bonchev–Trinajstić information content (AvgIpc) is 2.02. The van der Waals surface area contributed by atoms with Crippen LogP contribution in [0.4, 0.5) is 0 Å². The van der Waals surface area contributed by atoms with Crippen molar-refractivity contribution in [3.05, 3.63) is 0 Å². The van der Waals surface area contributed by atoms with Gasteiger partial charge in [-0.25, -0.2) is 0 Å². The minimum Gasteiger partial charge on any atom is -0.395 e. The van der Waals surface area contributed by atoms with Crippen molar-refractivity contribution >= 4 is 15.2 Å². The Bertz CT molecular complexity index is 237. The number of hydrogen-bond donors (Lipinski definition) is 3. The maximum atomic E-state index is 11.4. The molecule has 0 aromatic carbocycles. The lowest BCUT2D eigenvalue weighted by molar-refractivity contribution is 0.235. The van der Waals surface area contributed by atoms with Gasteiger partial charge in [-0.2, -0.15) is 0 Å². The van der Waals surface area contributed by atoms with Gasteiger partial charge in [0.05, 0.1) is 6.61 Å². The first-order valence-corrected chi connectivity index (χ1v) is 6.48. The first-order chi connectivity index (χ1) is 5.81. The molecule has 80 valence electrons. The highest BCUT2D eigenvalue weighted by Crippen LogP contribution is 2.64. The van der Waals surface area contributed by atoms with Gasteiger partial charge in [0.2, 0.25) is 0 Å². The fourth-order valence-electron chi connectivity index (χ4n) is 0.708. The lowest BCUT2D eigenvalue weighted by Crippen LogP contribution is -2.16. The summed E-state index contributed by atoms with van der Waals surface area (Å²) < 4.78 is 30.9. The highest BCUT2D eigenvalue weighted by atomic mass is 31.2. The van der Waals surface area contributed by atoms with Gasteiger partial charge in [-0.3, -0.25) is 9.13 Å². The first-order valence-electron chi connectivity index (χ1n) is 3.19. The highest BCUT2D eigenvalue weighted by molar-refractivity contribution is 7.71. The number of hydrogen-bond acceptors (Lipinski definition) is 5. The normalized spacial score (nSPS) is 15.8. The Morgan fingerprint density at radius 3 is 1.69 bits per heavy atom. The molecule has 0 aliphatic rings. The Balaban J connectivity index is 4.97. The minimum atomic E-state index is -4.69. The summed E-state index contributed by atoms with van der Waals surface area (Å²) in [7, 11) is -6.64. The van der Waals surface area contributed by atoms with Gasteiger partial charge in [-0.1, -0.05) is 0 Å². The Kier molecular flexibility index (Phi) is 4.76. The summed E-state index contributed by atoms with van der Waals surface area (Å²) in [4.78, 5) is 17.4. The number of rotatable bonds is 5. The summed E-state index contributed by atoms with van der Waals surface area (Å²) in [5.74, 6) is 0. The number of aliphatic hydroxyl groups excluding tert-OH is 1. The number of aliphatic hydroxyl groups is 1. The minimum absolute atomic E-state index is 0.969. The summed E-state index contributed by atoms with van der Waals surface area (Å²) >= 11 is 0. The summed E-state index contributed by atoms with van der Waals surface area (Å²) in [6.45, 7) is -0.969. The lowest BCUT2D eigenvalue weighted by atomic mass is 10.9. The predicted molar refractivity (Wildman–Crippen MR) is 44.5 cm³/mol. The van der Waals surface area contributed by atoms with Crippen molar-refractivity contribution in [2.45, 2.75) is 5.40 Å². The molecule has 1 atom stereocenters. The molecule has 0 fully saturated rings. The Labute approximate surface area is 75.4 Å². The molecule has 0 aromatic rings. The molecule has 0 spiro atoms. The molecular formula is C4H12O7P2. The van der Waals surface area contributed by atoms with Crippen LogP contribution in [0.1, 0.15) is 0 Å². The van der Waals surface area contributed by atoms with E-state index in [0.29, 0.717) is 0 Å². The van der Waals surface area contributed by atoms with E-state index < -0.39 is 27.2 Å². The molecule has 3 N–H and O–H groups in total. The van der Waals surface area contributed by atoms with Crippen molar-refractivity contribution < 1.29 is 33.1 Å². The molecule has 9 heteroatoms. The van der Waals surface area contributed by atoms with Gasteiger partial charge < -0.3 is 23.9 Å². The second-order valence-corrected chi connectivity index (χ2v) is 6.80. The van der Waals surface area contributed by atoms with Gasteiger partial charge >= 0.3 is 15.2 Å². The average molecular weight is 234 g/mol. The molecule has 0 aromatic heterocycles. The fraction of sp³-hybridized carbons (Fsp3) is 1.00. The van der Waals surface area contributed by atoms with E-state index in [1.807, 2.05) is 0 Å². The molecule has 0 aliphatic carbocycles. The van der Waals surface area contributed by atoms with Crippen molar-refractivity contribution in [1.82, 2.24) is 0 Å². The summed E-state index contributed by atoms with van der Waals surface area (Å²) in [6.07, 6.45) is 0. The van der Waals surface area contributed by atoms with Gasteiger partial charge in [0.1, 0.15) is 0 Å². The van der Waals surface area contributed by atoms with Crippen LogP contribution in [-0.2, 0) is 18.2 Å². The zero-order chi connectivity index (χ0) is 10.7. The third-order valence-corrected chi connectivity index (χ3v) is 6.03. The van der Waals surface area contributed by atoms with E-state index in [-0.39, 0.29) is 0 Å². The maximum absolute atomic E-state index is 11.4. The van der Waals surface area contributed by atoms with Gasteiger partial charge in [-0.15, -0.1) is 0 Å². The van der Waals surface area contributed by atoms with Gasteiger partial charge in [0.25, 0.3) is 0 Å². The van der Waals surface area contributed by atoms with Gasteiger partial charge in [-0.05, 0) is 0 Å². The smallest absolute Gasteiger partial charge is 0.347 e. The Morgan fingerprint density at radius 1 is 1.23 bits per heavy atom. The third-order valence-electron chi connectivity index (χ3n) is 1.43. The third kappa shape index (κ3) is 3.14. The SMILES string of the molecule is COP(=O)(OC)C(CO)P(=O)(O)O. The van der Waals surface area contributed by atoms with Crippen molar-refractivity contribution in [2.24, 2.45) is 0 Å². The van der Waals surface area contributed by atoms with Crippen LogP contribution in [0.25, 0.3) is 0 Å². The van der Waals surface area contributed by atoms with E-state index in [2.05, 4.69) is 9.05 Å². The van der Waals surface area contributed by atoms with Crippen LogP contribution in [0.5, 0.6) is 0 Å². The highest BCUT2D eigenvalue weighted by Gasteiger charge is 2.46. The molecule has 0 rings (SSSR count). The van der Waals surface area contributed by atoms with E-state index in [1.165, 1.54) is 0 Å². The fourth-order valence-corrected chi connectivity index (χ4v) is 3.80. The van der Waals surface area contributed by atoms with E-state index in [4.69, 9.17) is 14.9 Å². The van der Waals surface area contributed by atoms with Crippen LogP contribution in [0, 0.1) is 0 Å². The molecule has 0 saturated heterocycles. The van der Waals surface area contributed by atoms with Crippen LogP contribution >= 0.6 is 15.2 Å². The topological polar surface area (TPSA) is 113 Å². The van der Waals surface area contributed by atoms with Crippen molar-refractivity contribution in [3.63, 3.8) is 0 Å². The molecule has 0 bridgehead atoms. The summed E-state index contributed by atoms with van der Waals surface area (Å²) in [6, 6.07) is 0. The van der Waals surface area contributed by atoms with E-state index >= 15 is 0 Å². The van der Waals surface area contributed by atoms with E-state index in [1.54, 1.807) is 0 Å². The van der Waals surface area contributed by atoms with Crippen LogP contribution in [0.15, 0.2) is 0 Å². The summed E-state index contributed by atoms with van der Waals surface area (Å²) in [5.41, 5.74) is 0. The second kappa shape index (κ2) is 4.66. The molecule has 13 heavy (non-hydrogen) atoms. The van der Waals surface area contributed by atoms with Crippen LogP contribution in [-0.4, -0.2) is 41.1 Å². The zero-order valence-electron chi connectivity index (χ0n) is 7.15. The molecule has 0 radical (unpaired) electrons. The molecular weight excluding hydrogens is 222 g/mol. The molecule has 0 heterocycles.